The summed E-state index contributed by atoms with van der Waals surface area (Å²) in [6.45, 7) is 12.9. The van der Waals surface area contributed by atoms with Crippen LogP contribution >= 0.6 is 0 Å². The Hall–Kier alpha value is -5.48. The number of hydrogen-bond donors (Lipinski definition) is 3. The monoisotopic (exact) mass is 602 g/mol. The molecular formula is C42H42N4. The summed E-state index contributed by atoms with van der Waals surface area (Å²) in [5, 5.41) is 11.5. The van der Waals surface area contributed by atoms with E-state index < -0.39 is 0 Å². The molecule has 0 bridgehead atoms. The maximum Gasteiger partial charge on any atom is 0.0698 e. The van der Waals surface area contributed by atoms with Crippen molar-refractivity contribution in [3.05, 3.63) is 161 Å². The van der Waals surface area contributed by atoms with Crippen LogP contribution in [0.25, 0.3) is 0 Å². The number of aryl methyl sites for hydroxylation is 6. The van der Waals surface area contributed by atoms with E-state index >= 15 is 0 Å². The van der Waals surface area contributed by atoms with Crippen LogP contribution in [0.3, 0.4) is 0 Å². The van der Waals surface area contributed by atoms with Gasteiger partial charge in [0.2, 0.25) is 0 Å². The molecule has 0 aromatic heterocycles. The number of anilines is 9. The van der Waals surface area contributed by atoms with Crippen LogP contribution in [0.4, 0.5) is 51.2 Å². The Morgan fingerprint density at radius 1 is 0.304 bits per heavy atom. The Kier molecular flexibility index (Phi) is 8.80. The third kappa shape index (κ3) is 6.20. The quantitative estimate of drug-likeness (QED) is 0.154. The highest BCUT2D eigenvalue weighted by atomic mass is 15.2. The molecule has 6 aromatic carbocycles. The van der Waals surface area contributed by atoms with Crippen LogP contribution in [0.5, 0.6) is 0 Å². The Labute approximate surface area is 273 Å². The second-order valence-electron chi connectivity index (χ2n) is 12.1. The molecule has 6 aromatic rings. The van der Waals surface area contributed by atoms with Gasteiger partial charge in [-0.15, -0.1) is 0 Å². The van der Waals surface area contributed by atoms with Crippen LogP contribution in [0, 0.1) is 41.5 Å². The van der Waals surface area contributed by atoms with Gasteiger partial charge in [-0.1, -0.05) is 91.0 Å². The van der Waals surface area contributed by atoms with Gasteiger partial charge < -0.3 is 20.9 Å². The Balaban J connectivity index is 1.57. The lowest BCUT2D eigenvalue weighted by atomic mass is 10.1. The predicted octanol–water partition coefficient (Wildman–Crippen LogP) is 12.2. The van der Waals surface area contributed by atoms with Gasteiger partial charge in [-0.3, -0.25) is 0 Å². The zero-order valence-corrected chi connectivity index (χ0v) is 27.6. The summed E-state index contributed by atoms with van der Waals surface area (Å²) in [7, 11) is 0. The first-order valence-electron chi connectivity index (χ1n) is 15.9. The number of hydrogen-bond acceptors (Lipinski definition) is 4. The zero-order valence-electron chi connectivity index (χ0n) is 27.6. The molecule has 0 atom stereocenters. The van der Waals surface area contributed by atoms with Gasteiger partial charge in [-0.25, -0.2) is 0 Å². The normalized spacial score (nSPS) is 10.8. The smallest absolute Gasteiger partial charge is 0.0698 e. The molecule has 0 unspecified atom stereocenters. The molecule has 46 heavy (non-hydrogen) atoms. The first-order chi connectivity index (χ1) is 22.3. The van der Waals surface area contributed by atoms with E-state index in [-0.39, 0.29) is 0 Å². The van der Waals surface area contributed by atoms with Gasteiger partial charge >= 0.3 is 0 Å². The Morgan fingerprint density at radius 2 is 0.543 bits per heavy atom. The lowest BCUT2D eigenvalue weighted by molar-refractivity contribution is 1.26. The van der Waals surface area contributed by atoms with E-state index in [9.17, 15) is 0 Å². The minimum Gasteiger partial charge on any atom is -0.353 e. The molecule has 6 rings (SSSR count). The molecule has 230 valence electrons. The summed E-state index contributed by atoms with van der Waals surface area (Å²) in [6, 6.07) is 45.0. The molecule has 0 aliphatic heterocycles. The lowest BCUT2D eigenvalue weighted by Crippen LogP contribution is -2.15. The van der Waals surface area contributed by atoms with Crippen molar-refractivity contribution < 1.29 is 0 Å². The van der Waals surface area contributed by atoms with Gasteiger partial charge in [0.15, 0.2) is 0 Å². The number of rotatable bonds is 9. The highest BCUT2D eigenvalue weighted by molar-refractivity contribution is 5.96. The standard InChI is InChI=1S/C42H42N4/c1-28-16-13-17-29(2)40(28)43-34-22-7-10-25-37(34)46(38-26-11-8-23-35(38)44-41-30(3)18-14-19-31(41)4)39-27-12-9-24-36(39)45-42-32(5)20-15-21-33(42)6/h7-27,43-45H,1-6H3. The van der Waals surface area contributed by atoms with E-state index in [0.29, 0.717) is 0 Å². The van der Waals surface area contributed by atoms with Crippen molar-refractivity contribution in [1.29, 1.82) is 0 Å². The summed E-state index contributed by atoms with van der Waals surface area (Å²) >= 11 is 0. The fourth-order valence-electron chi connectivity index (χ4n) is 6.15. The molecule has 0 saturated carbocycles. The molecule has 0 heterocycles. The average molecular weight is 603 g/mol. The van der Waals surface area contributed by atoms with Crippen molar-refractivity contribution in [2.24, 2.45) is 0 Å². The van der Waals surface area contributed by atoms with Crippen LogP contribution < -0.4 is 20.9 Å². The molecule has 4 nitrogen and oxygen atoms in total. The molecule has 0 saturated heterocycles. The first-order valence-corrected chi connectivity index (χ1v) is 15.9. The van der Waals surface area contributed by atoms with Crippen molar-refractivity contribution >= 4 is 51.2 Å². The second kappa shape index (κ2) is 13.3. The van der Waals surface area contributed by atoms with E-state index in [1.165, 1.54) is 33.4 Å². The molecule has 0 fully saturated rings. The summed E-state index contributed by atoms with van der Waals surface area (Å²) in [6.07, 6.45) is 0. The Morgan fingerprint density at radius 3 is 0.804 bits per heavy atom. The van der Waals surface area contributed by atoms with E-state index in [1.807, 2.05) is 0 Å². The number of para-hydroxylation sites is 9. The highest BCUT2D eigenvalue weighted by Gasteiger charge is 2.23. The molecule has 4 heteroatoms. The number of nitrogens with one attached hydrogen (secondary N) is 3. The van der Waals surface area contributed by atoms with Crippen molar-refractivity contribution in [3.63, 3.8) is 0 Å². The summed E-state index contributed by atoms with van der Waals surface area (Å²) in [5.41, 5.74) is 16.8. The minimum atomic E-state index is 1.02. The number of nitrogens with zero attached hydrogens (tertiary/aromatic N) is 1. The summed E-state index contributed by atoms with van der Waals surface area (Å²) in [4.78, 5) is 2.36. The summed E-state index contributed by atoms with van der Waals surface area (Å²) in [5.74, 6) is 0. The summed E-state index contributed by atoms with van der Waals surface area (Å²) < 4.78 is 0. The molecule has 0 radical (unpaired) electrons. The molecule has 0 spiro atoms. The highest BCUT2D eigenvalue weighted by Crippen LogP contribution is 2.47. The molecule has 0 amide bonds. The lowest BCUT2D eigenvalue weighted by Gasteiger charge is -2.32. The van der Waals surface area contributed by atoms with Crippen LogP contribution in [0.1, 0.15) is 33.4 Å². The van der Waals surface area contributed by atoms with Crippen molar-refractivity contribution in [2.75, 3.05) is 20.9 Å². The fourth-order valence-corrected chi connectivity index (χ4v) is 6.15. The predicted molar refractivity (Wildman–Crippen MR) is 199 cm³/mol. The van der Waals surface area contributed by atoms with Gasteiger partial charge in [0.25, 0.3) is 0 Å². The first kappa shape index (κ1) is 30.5. The van der Waals surface area contributed by atoms with Gasteiger partial charge in [0, 0.05) is 17.1 Å². The van der Waals surface area contributed by atoms with E-state index in [2.05, 4.69) is 190 Å². The third-order valence-corrected chi connectivity index (χ3v) is 8.66. The zero-order chi connectivity index (χ0) is 32.2. The van der Waals surface area contributed by atoms with Gasteiger partial charge in [0.05, 0.1) is 34.1 Å². The van der Waals surface area contributed by atoms with Gasteiger partial charge in [-0.05, 0) is 111 Å². The van der Waals surface area contributed by atoms with Crippen molar-refractivity contribution in [3.8, 4) is 0 Å². The van der Waals surface area contributed by atoms with Crippen molar-refractivity contribution in [2.45, 2.75) is 41.5 Å². The fraction of sp³-hybridized carbons (Fsp3) is 0.143. The van der Waals surface area contributed by atoms with Crippen LogP contribution in [-0.4, -0.2) is 0 Å². The van der Waals surface area contributed by atoms with Crippen molar-refractivity contribution in [1.82, 2.24) is 0 Å². The molecule has 3 N–H and O–H groups in total. The van der Waals surface area contributed by atoms with E-state index in [4.69, 9.17) is 0 Å². The van der Waals surface area contributed by atoms with Gasteiger partial charge in [-0.2, -0.15) is 0 Å². The largest absolute Gasteiger partial charge is 0.353 e. The maximum atomic E-state index is 3.82. The SMILES string of the molecule is Cc1cccc(C)c1Nc1ccccc1N(c1ccccc1Nc1c(C)cccc1C)c1ccccc1Nc1c(C)cccc1C. The van der Waals surface area contributed by atoms with E-state index in [0.717, 1.165) is 51.2 Å². The number of benzene rings is 6. The minimum absolute atomic E-state index is 1.02. The topological polar surface area (TPSA) is 39.3 Å². The average Bonchev–Trinajstić information content (AvgIpc) is 3.05. The van der Waals surface area contributed by atoms with E-state index in [1.54, 1.807) is 0 Å². The molecule has 0 aliphatic carbocycles. The molecule has 0 aliphatic rings. The van der Waals surface area contributed by atoms with Crippen LogP contribution in [-0.2, 0) is 0 Å². The molecular weight excluding hydrogens is 560 g/mol. The third-order valence-electron chi connectivity index (χ3n) is 8.66. The van der Waals surface area contributed by atoms with Crippen LogP contribution in [0.2, 0.25) is 0 Å². The van der Waals surface area contributed by atoms with Crippen LogP contribution in [0.15, 0.2) is 127 Å². The second-order valence-corrected chi connectivity index (χ2v) is 12.1. The van der Waals surface area contributed by atoms with Gasteiger partial charge in [0.1, 0.15) is 0 Å². The maximum absolute atomic E-state index is 3.82. The Bertz CT molecular complexity index is 1720.